The molecule has 1 aromatic rings. The maximum Gasteiger partial charge on any atom is 1.00 e. The zero-order valence-corrected chi connectivity index (χ0v) is 11.5. The fraction of sp³-hybridized carbons (Fsp3) is 0. The first-order chi connectivity index (χ1) is 6.51. The molecule has 6 heteroatoms. The topological polar surface area (TPSA) is 12.9 Å². The zero-order chi connectivity index (χ0) is 10.6. The molecule has 0 bridgehead atoms. The molecule has 1 nitrogen and oxygen atoms in total. The smallest absolute Gasteiger partial charge is 0.445 e. The Bertz CT molecular complexity index is 363. The molecule has 0 aliphatic rings. The van der Waals surface area contributed by atoms with Gasteiger partial charge in [-0.1, -0.05) is 18.7 Å². The van der Waals surface area contributed by atoms with E-state index in [4.69, 9.17) is 0 Å². The summed E-state index contributed by atoms with van der Waals surface area (Å²) in [5.74, 6) is 0.217. The second-order valence-electron chi connectivity index (χ2n) is 2.70. The van der Waals surface area contributed by atoms with Crippen LogP contribution in [0.1, 0.15) is 11.3 Å². The van der Waals surface area contributed by atoms with Crippen LogP contribution >= 0.6 is 0 Å². The maximum absolute atomic E-state index is 11.9. The summed E-state index contributed by atoms with van der Waals surface area (Å²) in [6.07, 6.45) is 3.95. The Morgan fingerprint density at radius 3 is 2.53 bits per heavy atom. The van der Waals surface area contributed by atoms with Gasteiger partial charge in [-0.25, -0.2) is 0 Å². The van der Waals surface area contributed by atoms with E-state index >= 15 is 0 Å². The summed E-state index contributed by atoms with van der Waals surface area (Å²) < 4.78 is 35.6. The Balaban J connectivity index is 0.00000196. The standard InChI is InChI=1S/C9H8BF3N.K/c1-2-8-4-6-14-9(7-8)3-5-10(11,12)13;/h2-7H,1H2;/q-1;+1/b5-3+;. The molecule has 1 heterocycles. The SMILES string of the molecule is C=Cc1ccnc(/C=C/[B-](F)(F)F)c1.[K+]. The first-order valence-electron chi connectivity index (χ1n) is 3.99. The monoisotopic (exact) mass is 237 g/mol. The molecule has 0 amide bonds. The first kappa shape index (κ1) is 15.1. The Morgan fingerprint density at radius 2 is 2.00 bits per heavy atom. The predicted octanol–water partition coefficient (Wildman–Crippen LogP) is 0.128. The van der Waals surface area contributed by atoms with Crippen LogP contribution in [0, 0.1) is 0 Å². The molecule has 1 aromatic heterocycles. The Kier molecular flexibility index (Phi) is 6.70. The van der Waals surface area contributed by atoms with Gasteiger partial charge in [0.1, 0.15) is 0 Å². The molecule has 0 saturated carbocycles. The van der Waals surface area contributed by atoms with Gasteiger partial charge in [-0.15, -0.1) is 5.98 Å². The van der Waals surface area contributed by atoms with Crippen LogP contribution in [-0.4, -0.2) is 12.0 Å². The van der Waals surface area contributed by atoms with Crippen molar-refractivity contribution < 1.29 is 64.3 Å². The van der Waals surface area contributed by atoms with Gasteiger partial charge in [0.2, 0.25) is 0 Å². The van der Waals surface area contributed by atoms with E-state index in [9.17, 15) is 12.9 Å². The average Bonchev–Trinajstić information content (AvgIpc) is 2.14. The summed E-state index contributed by atoms with van der Waals surface area (Å²) in [5, 5.41) is 0. The number of aromatic nitrogens is 1. The van der Waals surface area contributed by atoms with Crippen molar-refractivity contribution in [2.45, 2.75) is 0 Å². The molecule has 0 spiro atoms. The number of pyridine rings is 1. The summed E-state index contributed by atoms with van der Waals surface area (Å²) in [4.78, 5) is 3.77. The largest absolute Gasteiger partial charge is 1.00 e. The molecule has 0 saturated heterocycles. The number of halogens is 3. The Morgan fingerprint density at radius 1 is 1.33 bits per heavy atom. The molecule has 0 atom stereocenters. The molecule has 1 rings (SSSR count). The van der Waals surface area contributed by atoms with E-state index in [1.165, 1.54) is 12.3 Å². The van der Waals surface area contributed by atoms with Crippen molar-refractivity contribution in [2.24, 2.45) is 0 Å². The second kappa shape index (κ2) is 6.65. The zero-order valence-electron chi connectivity index (χ0n) is 8.33. The minimum Gasteiger partial charge on any atom is -0.445 e. The molecule has 0 fully saturated rings. The van der Waals surface area contributed by atoms with Gasteiger partial charge in [-0.2, -0.15) is 0 Å². The van der Waals surface area contributed by atoms with Gasteiger partial charge in [0.15, 0.2) is 0 Å². The van der Waals surface area contributed by atoms with Crippen molar-refractivity contribution >= 4 is 19.1 Å². The van der Waals surface area contributed by atoms with Crippen LogP contribution in [0.5, 0.6) is 0 Å². The van der Waals surface area contributed by atoms with Crippen LogP contribution in [0.15, 0.2) is 30.9 Å². The van der Waals surface area contributed by atoms with Crippen LogP contribution in [0.3, 0.4) is 0 Å². The van der Waals surface area contributed by atoms with Crippen molar-refractivity contribution in [1.82, 2.24) is 4.98 Å². The molecule has 0 radical (unpaired) electrons. The number of nitrogens with zero attached hydrogens (tertiary/aromatic N) is 1. The van der Waals surface area contributed by atoms with Crippen LogP contribution in [0.4, 0.5) is 12.9 Å². The van der Waals surface area contributed by atoms with E-state index < -0.39 is 6.98 Å². The van der Waals surface area contributed by atoms with Gasteiger partial charge < -0.3 is 12.9 Å². The fourth-order valence-corrected chi connectivity index (χ4v) is 0.891. The first-order valence-corrected chi connectivity index (χ1v) is 3.99. The summed E-state index contributed by atoms with van der Waals surface area (Å²) in [6, 6.07) is 3.20. The van der Waals surface area contributed by atoms with E-state index in [-0.39, 0.29) is 63.1 Å². The molecule has 0 unspecified atom stereocenters. The maximum atomic E-state index is 11.9. The Hall–Kier alpha value is 0.121. The van der Waals surface area contributed by atoms with Crippen molar-refractivity contribution in [3.63, 3.8) is 0 Å². The van der Waals surface area contributed by atoms with Crippen LogP contribution in [0.2, 0.25) is 0 Å². The Labute approximate surface area is 129 Å². The summed E-state index contributed by atoms with van der Waals surface area (Å²) in [6.45, 7) is -1.38. The van der Waals surface area contributed by atoms with Gasteiger partial charge in [0.05, 0.1) is 5.69 Å². The van der Waals surface area contributed by atoms with Gasteiger partial charge in [-0.3, -0.25) is 4.98 Å². The third-order valence-electron chi connectivity index (χ3n) is 1.53. The molecule has 15 heavy (non-hydrogen) atoms. The van der Waals surface area contributed by atoms with E-state index in [1.54, 1.807) is 12.1 Å². The number of hydrogen-bond donors (Lipinski definition) is 0. The minimum atomic E-state index is -4.89. The van der Waals surface area contributed by atoms with E-state index in [1.807, 2.05) is 0 Å². The van der Waals surface area contributed by atoms with Crippen LogP contribution < -0.4 is 51.4 Å². The van der Waals surface area contributed by atoms with Crippen molar-refractivity contribution in [1.29, 1.82) is 0 Å². The van der Waals surface area contributed by atoms with Crippen LogP contribution in [0.25, 0.3) is 12.2 Å². The quantitative estimate of drug-likeness (QED) is 0.681. The number of rotatable bonds is 3. The van der Waals surface area contributed by atoms with E-state index in [0.717, 1.165) is 11.6 Å². The molecule has 0 aliphatic carbocycles. The van der Waals surface area contributed by atoms with E-state index in [0.29, 0.717) is 0 Å². The van der Waals surface area contributed by atoms with Gasteiger partial charge in [0.25, 0.3) is 0 Å². The van der Waals surface area contributed by atoms with Gasteiger partial charge in [0, 0.05) is 6.20 Å². The molecule has 0 aliphatic heterocycles. The third-order valence-corrected chi connectivity index (χ3v) is 1.53. The predicted molar refractivity (Wildman–Crippen MR) is 52.4 cm³/mol. The summed E-state index contributed by atoms with van der Waals surface area (Å²) >= 11 is 0. The van der Waals surface area contributed by atoms with Gasteiger partial charge >= 0.3 is 58.4 Å². The van der Waals surface area contributed by atoms with Gasteiger partial charge in [-0.05, 0) is 17.7 Å². The van der Waals surface area contributed by atoms with E-state index in [2.05, 4.69) is 11.6 Å². The molecule has 0 N–H and O–H groups in total. The molecule has 74 valence electrons. The fourth-order valence-electron chi connectivity index (χ4n) is 0.891. The third kappa shape index (κ3) is 6.32. The average molecular weight is 237 g/mol. The molecular formula is C9H8BF3KN. The normalized spacial score (nSPS) is 11.1. The molecular weight excluding hydrogens is 229 g/mol. The summed E-state index contributed by atoms with van der Waals surface area (Å²) in [7, 11) is 0. The molecule has 0 aromatic carbocycles. The second-order valence-corrected chi connectivity index (χ2v) is 2.70. The van der Waals surface area contributed by atoms with Crippen molar-refractivity contribution in [3.8, 4) is 0 Å². The number of hydrogen-bond acceptors (Lipinski definition) is 1. The minimum absolute atomic E-state index is 0. The van der Waals surface area contributed by atoms with Crippen LogP contribution in [-0.2, 0) is 0 Å². The van der Waals surface area contributed by atoms with Crippen molar-refractivity contribution in [3.05, 3.63) is 42.1 Å². The summed E-state index contributed by atoms with van der Waals surface area (Å²) in [5.41, 5.74) is 1.02. The van der Waals surface area contributed by atoms with Crippen molar-refractivity contribution in [2.75, 3.05) is 0 Å².